The summed E-state index contributed by atoms with van der Waals surface area (Å²) in [6.45, 7) is 2.34. The molecule has 4 rings (SSSR count). The Labute approximate surface area is 163 Å². The molecule has 0 saturated carbocycles. The van der Waals surface area contributed by atoms with Gasteiger partial charge >= 0.3 is 11.1 Å². The molecule has 3 aromatic rings. The number of anilines is 1. The van der Waals surface area contributed by atoms with Crippen LogP contribution in [0, 0.1) is 5.82 Å². The third-order valence-corrected chi connectivity index (χ3v) is 4.93. The second-order valence-corrected chi connectivity index (χ2v) is 6.69. The molecule has 148 valence electrons. The Balaban J connectivity index is 1.52. The molecule has 1 aromatic heterocycles. The monoisotopic (exact) mass is 396 g/mol. The number of rotatable bonds is 4. The molecule has 1 aliphatic heterocycles. The molecule has 1 unspecified atom stereocenters. The number of aromatic amines is 1. The first-order valence-corrected chi connectivity index (χ1v) is 9.03. The second-order valence-electron chi connectivity index (χ2n) is 6.69. The van der Waals surface area contributed by atoms with E-state index in [1.54, 1.807) is 13.0 Å². The summed E-state index contributed by atoms with van der Waals surface area (Å²) in [6, 6.07) is 9.42. The number of aryl methyl sites for hydroxylation is 1. The van der Waals surface area contributed by atoms with E-state index < -0.39 is 28.9 Å². The molecule has 29 heavy (non-hydrogen) atoms. The molecule has 9 heteroatoms. The molecule has 0 aliphatic carbocycles. The van der Waals surface area contributed by atoms with Gasteiger partial charge in [-0.05, 0) is 49.4 Å². The maximum absolute atomic E-state index is 13.0. The molecule has 0 radical (unpaired) electrons. The average Bonchev–Trinajstić information content (AvgIpc) is 2.72. The number of carbonyl (C=O) groups is 2. The van der Waals surface area contributed by atoms with Crippen molar-refractivity contribution in [3.05, 3.63) is 74.6 Å². The second kappa shape index (κ2) is 7.01. The van der Waals surface area contributed by atoms with E-state index in [0.717, 1.165) is 0 Å². The quantitative estimate of drug-likeness (QED) is 0.507. The number of amides is 2. The standard InChI is InChI=1S/C20H17FN4O4/c1-2-24-16-8-3-11(9-14(16)22-18(27)20(24)29)17(26)23-15-10-25(19(15)28)13-6-4-12(21)5-7-13/h3-9,15H,2,10H2,1H3,(H,22,27)(H,23,26). The third kappa shape index (κ3) is 3.20. The van der Waals surface area contributed by atoms with E-state index in [1.165, 1.54) is 45.9 Å². The maximum atomic E-state index is 13.0. The Bertz CT molecular complexity index is 1250. The molecule has 2 N–H and O–H groups in total. The van der Waals surface area contributed by atoms with Gasteiger partial charge in [0.1, 0.15) is 11.9 Å². The molecule has 2 amide bonds. The van der Waals surface area contributed by atoms with Crippen LogP contribution in [-0.4, -0.2) is 34.0 Å². The summed E-state index contributed by atoms with van der Waals surface area (Å²) in [5.74, 6) is -1.16. The minimum absolute atomic E-state index is 0.252. The molecule has 1 aliphatic rings. The summed E-state index contributed by atoms with van der Waals surface area (Å²) in [7, 11) is 0. The summed E-state index contributed by atoms with van der Waals surface area (Å²) in [5.41, 5.74) is 0.261. The Kier molecular flexibility index (Phi) is 4.50. The zero-order chi connectivity index (χ0) is 20.7. The van der Waals surface area contributed by atoms with Crippen LogP contribution in [0.4, 0.5) is 10.1 Å². The van der Waals surface area contributed by atoms with Crippen LogP contribution in [0.15, 0.2) is 52.1 Å². The SMILES string of the molecule is CCn1c(=O)c(=O)[nH]c2cc(C(=O)NC3CN(c4ccc(F)cc4)C3=O)ccc21. The molecule has 1 saturated heterocycles. The van der Waals surface area contributed by atoms with E-state index in [2.05, 4.69) is 10.3 Å². The predicted octanol–water partition coefficient (Wildman–Crippen LogP) is 0.994. The topological polar surface area (TPSA) is 104 Å². The lowest BCUT2D eigenvalue weighted by Gasteiger charge is -2.38. The first-order valence-electron chi connectivity index (χ1n) is 9.03. The number of H-pyrrole nitrogens is 1. The zero-order valence-corrected chi connectivity index (χ0v) is 15.4. The number of halogens is 1. The number of hydrogen-bond acceptors (Lipinski definition) is 4. The number of nitrogens with one attached hydrogen (secondary N) is 2. The van der Waals surface area contributed by atoms with Crippen molar-refractivity contribution in [2.45, 2.75) is 19.5 Å². The van der Waals surface area contributed by atoms with Crippen LogP contribution in [0.25, 0.3) is 11.0 Å². The first kappa shape index (κ1) is 18.6. The van der Waals surface area contributed by atoms with Crippen molar-refractivity contribution in [2.24, 2.45) is 0 Å². The number of nitrogens with zero attached hydrogens (tertiary/aromatic N) is 2. The van der Waals surface area contributed by atoms with E-state index in [4.69, 9.17) is 0 Å². The number of carbonyl (C=O) groups excluding carboxylic acids is 2. The Hall–Kier alpha value is -3.75. The molecule has 0 spiro atoms. The largest absolute Gasteiger partial charge is 0.339 e. The van der Waals surface area contributed by atoms with E-state index in [0.29, 0.717) is 23.3 Å². The summed E-state index contributed by atoms with van der Waals surface area (Å²) in [4.78, 5) is 52.5. The van der Waals surface area contributed by atoms with Gasteiger partial charge in [0.2, 0.25) is 0 Å². The van der Waals surface area contributed by atoms with Crippen molar-refractivity contribution in [3.63, 3.8) is 0 Å². The highest BCUT2D eigenvalue weighted by Gasteiger charge is 2.38. The zero-order valence-electron chi connectivity index (χ0n) is 15.4. The number of β-lactam (4-membered cyclic amide) rings is 1. The highest BCUT2D eigenvalue weighted by molar-refractivity contribution is 6.08. The van der Waals surface area contributed by atoms with Gasteiger partial charge in [-0.25, -0.2) is 4.39 Å². The molecular weight excluding hydrogens is 379 g/mol. The Morgan fingerprint density at radius 2 is 1.90 bits per heavy atom. The lowest BCUT2D eigenvalue weighted by Crippen LogP contribution is -2.64. The van der Waals surface area contributed by atoms with Gasteiger partial charge in [-0.2, -0.15) is 0 Å². The first-order chi connectivity index (χ1) is 13.9. The van der Waals surface area contributed by atoms with Crippen LogP contribution < -0.4 is 21.3 Å². The van der Waals surface area contributed by atoms with Crippen molar-refractivity contribution >= 4 is 28.5 Å². The van der Waals surface area contributed by atoms with Crippen molar-refractivity contribution < 1.29 is 14.0 Å². The van der Waals surface area contributed by atoms with Crippen LogP contribution in [0.3, 0.4) is 0 Å². The number of benzene rings is 2. The average molecular weight is 396 g/mol. The van der Waals surface area contributed by atoms with Gasteiger partial charge in [0.15, 0.2) is 0 Å². The number of hydrogen-bond donors (Lipinski definition) is 2. The smallest absolute Gasteiger partial charge is 0.316 e. The molecular formula is C20H17FN4O4. The number of fused-ring (bicyclic) bond motifs is 1. The highest BCUT2D eigenvalue weighted by atomic mass is 19.1. The normalized spacial score (nSPS) is 16.0. The van der Waals surface area contributed by atoms with Gasteiger partial charge < -0.3 is 19.8 Å². The maximum Gasteiger partial charge on any atom is 0.316 e. The van der Waals surface area contributed by atoms with Gasteiger partial charge in [-0.15, -0.1) is 0 Å². The van der Waals surface area contributed by atoms with E-state index in [-0.39, 0.29) is 18.0 Å². The van der Waals surface area contributed by atoms with Crippen LogP contribution in [0.2, 0.25) is 0 Å². The van der Waals surface area contributed by atoms with Crippen molar-refractivity contribution in [1.82, 2.24) is 14.9 Å². The van der Waals surface area contributed by atoms with Crippen molar-refractivity contribution in [1.29, 1.82) is 0 Å². The molecule has 0 bridgehead atoms. The van der Waals surface area contributed by atoms with Gasteiger partial charge in [0, 0.05) is 17.8 Å². The van der Waals surface area contributed by atoms with Gasteiger partial charge in [0.25, 0.3) is 11.8 Å². The summed E-state index contributed by atoms with van der Waals surface area (Å²) in [5, 5.41) is 2.65. The third-order valence-electron chi connectivity index (χ3n) is 4.93. The molecule has 1 fully saturated rings. The fraction of sp³-hybridized carbons (Fsp3) is 0.200. The van der Waals surface area contributed by atoms with Gasteiger partial charge in [-0.3, -0.25) is 19.2 Å². The van der Waals surface area contributed by atoms with Crippen LogP contribution in [-0.2, 0) is 11.3 Å². The van der Waals surface area contributed by atoms with Gasteiger partial charge in [0.05, 0.1) is 17.6 Å². The van der Waals surface area contributed by atoms with Crippen LogP contribution >= 0.6 is 0 Å². The molecule has 1 atom stereocenters. The van der Waals surface area contributed by atoms with E-state index in [9.17, 15) is 23.6 Å². The fourth-order valence-electron chi connectivity index (χ4n) is 3.36. The molecule has 2 aromatic carbocycles. The lowest BCUT2D eigenvalue weighted by molar-refractivity contribution is -0.124. The summed E-state index contributed by atoms with van der Waals surface area (Å²) < 4.78 is 14.3. The number of aromatic nitrogens is 2. The minimum atomic E-state index is -0.763. The Morgan fingerprint density at radius 3 is 2.55 bits per heavy atom. The predicted molar refractivity (Wildman–Crippen MR) is 105 cm³/mol. The minimum Gasteiger partial charge on any atom is -0.339 e. The van der Waals surface area contributed by atoms with Crippen molar-refractivity contribution in [2.75, 3.05) is 11.4 Å². The lowest BCUT2D eigenvalue weighted by atomic mass is 10.1. The van der Waals surface area contributed by atoms with E-state index >= 15 is 0 Å². The van der Waals surface area contributed by atoms with Crippen LogP contribution in [0.5, 0.6) is 0 Å². The van der Waals surface area contributed by atoms with Crippen molar-refractivity contribution in [3.8, 4) is 0 Å². The Morgan fingerprint density at radius 1 is 1.17 bits per heavy atom. The molecule has 8 nitrogen and oxygen atoms in total. The van der Waals surface area contributed by atoms with E-state index in [1.807, 2.05) is 0 Å². The van der Waals surface area contributed by atoms with Gasteiger partial charge in [-0.1, -0.05) is 0 Å². The van der Waals surface area contributed by atoms with Crippen LogP contribution in [0.1, 0.15) is 17.3 Å². The summed E-state index contributed by atoms with van der Waals surface area (Å²) >= 11 is 0. The molecule has 2 heterocycles. The fourth-order valence-corrected chi connectivity index (χ4v) is 3.36. The summed E-state index contributed by atoms with van der Waals surface area (Å²) in [6.07, 6.45) is 0. The highest BCUT2D eigenvalue weighted by Crippen LogP contribution is 2.22.